The molecule has 2 rings (SSSR count). The van der Waals surface area contributed by atoms with Gasteiger partial charge in [0.15, 0.2) is 0 Å². The molecule has 0 saturated heterocycles. The topological polar surface area (TPSA) is 53.6 Å². The van der Waals surface area contributed by atoms with Crippen molar-refractivity contribution in [3.8, 4) is 5.75 Å². The van der Waals surface area contributed by atoms with Crippen LogP contribution < -0.4 is 15.4 Å². The number of rotatable bonds is 9. The number of hydrogen-bond donors (Lipinski definition) is 2. The van der Waals surface area contributed by atoms with Gasteiger partial charge in [-0.2, -0.15) is 0 Å². The Labute approximate surface area is 162 Å². The molecule has 1 amide bonds. The van der Waals surface area contributed by atoms with Gasteiger partial charge in [0.25, 0.3) is 0 Å². The number of carbonyl (C=O) groups is 1. The van der Waals surface area contributed by atoms with E-state index in [-0.39, 0.29) is 11.3 Å². The minimum atomic E-state index is -0.432. The fourth-order valence-electron chi connectivity index (χ4n) is 3.21. The molecule has 0 radical (unpaired) electrons. The smallest absolute Gasteiger partial charge is 0.246 e. The fourth-order valence-corrected chi connectivity index (χ4v) is 3.21. The van der Waals surface area contributed by atoms with Crippen LogP contribution >= 0.6 is 0 Å². The Kier molecular flexibility index (Phi) is 7.39. The van der Waals surface area contributed by atoms with E-state index in [2.05, 4.69) is 43.5 Å². The van der Waals surface area contributed by atoms with Crippen LogP contribution in [0.5, 0.6) is 5.75 Å². The molecule has 2 N–H and O–H groups in total. The Morgan fingerprint density at radius 2 is 1.81 bits per heavy atom. The minimum absolute atomic E-state index is 0.0345. The molecular weight excluding hydrogens is 338 g/mol. The van der Waals surface area contributed by atoms with Gasteiger partial charge in [-0.1, -0.05) is 50.2 Å². The van der Waals surface area contributed by atoms with Crippen molar-refractivity contribution in [3.05, 3.63) is 60.2 Å². The van der Waals surface area contributed by atoms with Crippen molar-refractivity contribution in [2.45, 2.75) is 19.9 Å². The summed E-state index contributed by atoms with van der Waals surface area (Å²) in [6, 6.07) is 16.8. The predicted octanol–water partition coefficient (Wildman–Crippen LogP) is 3.55. The highest BCUT2D eigenvalue weighted by molar-refractivity contribution is 5.95. The molecule has 0 aliphatic rings. The summed E-state index contributed by atoms with van der Waals surface area (Å²) < 4.78 is 5.24. The maximum atomic E-state index is 13.0. The van der Waals surface area contributed by atoms with Gasteiger partial charge in [0.05, 0.1) is 7.11 Å². The predicted molar refractivity (Wildman–Crippen MR) is 111 cm³/mol. The highest BCUT2D eigenvalue weighted by Gasteiger charge is 2.25. The van der Waals surface area contributed by atoms with E-state index in [1.165, 1.54) is 0 Å². The van der Waals surface area contributed by atoms with Crippen LogP contribution in [0, 0.1) is 5.41 Å². The third kappa shape index (κ3) is 6.70. The molecule has 0 bridgehead atoms. The summed E-state index contributed by atoms with van der Waals surface area (Å²) in [4.78, 5) is 15.2. The molecule has 146 valence electrons. The van der Waals surface area contributed by atoms with E-state index in [0.29, 0.717) is 5.75 Å². The van der Waals surface area contributed by atoms with Crippen molar-refractivity contribution in [2.75, 3.05) is 39.6 Å². The second kappa shape index (κ2) is 9.53. The van der Waals surface area contributed by atoms with Gasteiger partial charge in [0.2, 0.25) is 5.91 Å². The Balaban J connectivity index is 2.15. The van der Waals surface area contributed by atoms with Gasteiger partial charge < -0.3 is 20.3 Å². The summed E-state index contributed by atoms with van der Waals surface area (Å²) in [5.74, 6) is 0.624. The molecule has 0 saturated carbocycles. The lowest BCUT2D eigenvalue weighted by Gasteiger charge is -2.30. The van der Waals surface area contributed by atoms with E-state index in [4.69, 9.17) is 4.74 Å². The summed E-state index contributed by atoms with van der Waals surface area (Å²) in [7, 11) is 5.74. The molecule has 5 heteroatoms. The van der Waals surface area contributed by atoms with Gasteiger partial charge >= 0.3 is 0 Å². The second-order valence-electron chi connectivity index (χ2n) is 7.85. The maximum absolute atomic E-state index is 13.0. The van der Waals surface area contributed by atoms with Crippen LogP contribution in [0.1, 0.15) is 25.5 Å². The molecule has 0 unspecified atom stereocenters. The third-order valence-electron chi connectivity index (χ3n) is 4.26. The van der Waals surface area contributed by atoms with E-state index in [9.17, 15) is 4.79 Å². The van der Waals surface area contributed by atoms with E-state index in [0.717, 1.165) is 24.3 Å². The number of carbonyl (C=O) groups excluding carboxylic acids is 1. The lowest BCUT2D eigenvalue weighted by atomic mass is 9.92. The molecule has 2 aromatic rings. The van der Waals surface area contributed by atoms with E-state index in [1.807, 2.05) is 54.6 Å². The number of amides is 1. The average Bonchev–Trinajstić information content (AvgIpc) is 2.61. The molecule has 27 heavy (non-hydrogen) atoms. The van der Waals surface area contributed by atoms with Gasteiger partial charge in [-0.25, -0.2) is 0 Å². The summed E-state index contributed by atoms with van der Waals surface area (Å²) in [5, 5.41) is 6.46. The van der Waals surface area contributed by atoms with Crippen LogP contribution in [0.4, 0.5) is 5.69 Å². The summed E-state index contributed by atoms with van der Waals surface area (Å²) in [6.45, 7) is 6.04. The number of ether oxygens (including phenoxy) is 1. The molecule has 0 aromatic heterocycles. The van der Waals surface area contributed by atoms with Gasteiger partial charge in [0.1, 0.15) is 11.8 Å². The highest BCUT2D eigenvalue weighted by atomic mass is 16.5. The number of nitrogens with zero attached hydrogens (tertiary/aromatic N) is 1. The van der Waals surface area contributed by atoms with Crippen molar-refractivity contribution in [2.24, 2.45) is 5.41 Å². The van der Waals surface area contributed by atoms with Gasteiger partial charge in [-0.3, -0.25) is 4.79 Å². The first-order valence-electron chi connectivity index (χ1n) is 9.19. The fraction of sp³-hybridized carbons (Fsp3) is 0.409. The molecule has 0 heterocycles. The first-order chi connectivity index (χ1) is 12.8. The largest absolute Gasteiger partial charge is 0.497 e. The SMILES string of the molecule is COc1cccc(NC(=O)[C@H](NCC(C)(C)CN(C)C)c2ccccc2)c1. The van der Waals surface area contributed by atoms with E-state index in [1.54, 1.807) is 7.11 Å². The first kappa shape index (κ1) is 20.9. The van der Waals surface area contributed by atoms with Crippen molar-refractivity contribution < 1.29 is 9.53 Å². The van der Waals surface area contributed by atoms with Gasteiger partial charge in [-0.05, 0) is 37.2 Å². The molecule has 0 aliphatic carbocycles. The maximum Gasteiger partial charge on any atom is 0.246 e. The van der Waals surface area contributed by atoms with Crippen LogP contribution in [0.25, 0.3) is 0 Å². The number of anilines is 1. The number of methoxy groups -OCH3 is 1. The lowest BCUT2D eigenvalue weighted by molar-refractivity contribution is -0.118. The van der Waals surface area contributed by atoms with Crippen molar-refractivity contribution in [3.63, 3.8) is 0 Å². The summed E-state index contributed by atoms with van der Waals surface area (Å²) >= 11 is 0. The molecular formula is C22H31N3O2. The Hall–Kier alpha value is -2.37. The molecule has 0 fully saturated rings. The molecule has 2 aromatic carbocycles. The zero-order valence-electron chi connectivity index (χ0n) is 17.0. The number of benzene rings is 2. The van der Waals surface area contributed by atoms with E-state index >= 15 is 0 Å². The highest BCUT2D eigenvalue weighted by Crippen LogP contribution is 2.22. The van der Waals surface area contributed by atoms with Gasteiger partial charge in [-0.15, -0.1) is 0 Å². The molecule has 0 spiro atoms. The van der Waals surface area contributed by atoms with Crippen LogP contribution in [0.15, 0.2) is 54.6 Å². The Morgan fingerprint density at radius 3 is 2.44 bits per heavy atom. The molecule has 1 atom stereocenters. The van der Waals surface area contributed by atoms with Crippen molar-refractivity contribution >= 4 is 11.6 Å². The Morgan fingerprint density at radius 1 is 1.11 bits per heavy atom. The molecule has 5 nitrogen and oxygen atoms in total. The zero-order chi connectivity index (χ0) is 19.9. The van der Waals surface area contributed by atoms with E-state index < -0.39 is 6.04 Å². The minimum Gasteiger partial charge on any atom is -0.497 e. The first-order valence-corrected chi connectivity index (χ1v) is 9.19. The zero-order valence-corrected chi connectivity index (χ0v) is 17.0. The second-order valence-corrected chi connectivity index (χ2v) is 7.85. The number of hydrogen-bond acceptors (Lipinski definition) is 4. The lowest BCUT2D eigenvalue weighted by Crippen LogP contribution is -2.42. The summed E-state index contributed by atoms with van der Waals surface area (Å²) in [6.07, 6.45) is 0. The van der Waals surface area contributed by atoms with Crippen molar-refractivity contribution in [1.29, 1.82) is 0 Å². The Bertz CT molecular complexity index is 729. The normalized spacial score (nSPS) is 12.7. The monoisotopic (exact) mass is 369 g/mol. The van der Waals surface area contributed by atoms with Crippen molar-refractivity contribution in [1.82, 2.24) is 10.2 Å². The van der Waals surface area contributed by atoms with Gasteiger partial charge in [0, 0.05) is 24.8 Å². The van der Waals surface area contributed by atoms with Crippen LogP contribution in [-0.4, -0.2) is 45.1 Å². The standard InChI is InChI=1S/C22H31N3O2/c1-22(2,16-25(3)4)15-23-20(17-10-7-6-8-11-17)21(26)24-18-12-9-13-19(14-18)27-5/h6-14,20,23H,15-16H2,1-5H3,(H,24,26)/t20-/m1/s1. The third-order valence-corrected chi connectivity index (χ3v) is 4.26. The quantitative estimate of drug-likeness (QED) is 0.710. The van der Waals surface area contributed by atoms with Crippen LogP contribution in [-0.2, 0) is 4.79 Å². The summed E-state index contributed by atoms with van der Waals surface area (Å²) in [5.41, 5.74) is 1.69. The number of nitrogens with one attached hydrogen (secondary N) is 2. The van der Waals surface area contributed by atoms with Crippen LogP contribution in [0.2, 0.25) is 0 Å². The molecule has 0 aliphatic heterocycles. The average molecular weight is 370 g/mol. The van der Waals surface area contributed by atoms with Crippen LogP contribution in [0.3, 0.4) is 0 Å².